The van der Waals surface area contributed by atoms with E-state index in [2.05, 4.69) is 16.0 Å². The molecule has 5 rings (SSSR count). The molecule has 39 heavy (non-hydrogen) atoms. The number of aryl methyl sites for hydroxylation is 2. The Kier molecular flexibility index (Phi) is 7.19. The summed E-state index contributed by atoms with van der Waals surface area (Å²) in [6.45, 7) is 6.36. The Balaban J connectivity index is 1.57. The number of hydrogen-bond acceptors (Lipinski definition) is 8. The molecular formula is C30H25N5O4. The number of ether oxygens (including phenoxy) is 3. The third-order valence-corrected chi connectivity index (χ3v) is 6.01. The molecule has 0 aliphatic heterocycles. The molecule has 2 aromatic heterocycles. The molecule has 0 aliphatic rings. The average Bonchev–Trinajstić information content (AvgIpc) is 3.26. The minimum Gasteiger partial charge on any atom is -0.462 e. The van der Waals surface area contributed by atoms with Crippen molar-refractivity contribution in [2.45, 2.75) is 27.3 Å². The van der Waals surface area contributed by atoms with Gasteiger partial charge in [-0.25, -0.2) is 9.78 Å². The summed E-state index contributed by atoms with van der Waals surface area (Å²) in [7, 11) is 0. The van der Waals surface area contributed by atoms with Crippen LogP contribution in [0.1, 0.15) is 39.8 Å². The number of carbonyl (C=O) groups is 1. The van der Waals surface area contributed by atoms with Crippen molar-refractivity contribution in [1.29, 1.82) is 5.26 Å². The molecule has 0 saturated carbocycles. The first-order valence-corrected chi connectivity index (χ1v) is 12.4. The number of hydrogen-bond donors (Lipinski definition) is 0. The highest BCUT2D eigenvalue weighted by molar-refractivity contribution is 5.89. The van der Waals surface area contributed by atoms with Crippen molar-refractivity contribution < 1.29 is 19.0 Å². The van der Waals surface area contributed by atoms with Crippen molar-refractivity contribution in [1.82, 2.24) is 19.5 Å². The molecule has 194 valence electrons. The number of esters is 1. The quantitative estimate of drug-likeness (QED) is 0.225. The lowest BCUT2D eigenvalue weighted by atomic mass is 10.1. The second-order valence-electron chi connectivity index (χ2n) is 8.76. The first-order valence-electron chi connectivity index (χ1n) is 12.4. The molecule has 9 nitrogen and oxygen atoms in total. The molecule has 5 aromatic rings. The lowest BCUT2D eigenvalue weighted by molar-refractivity contribution is 0.0526. The zero-order valence-corrected chi connectivity index (χ0v) is 21.7. The minimum absolute atomic E-state index is 0.0460. The summed E-state index contributed by atoms with van der Waals surface area (Å²) in [6, 6.07) is 23.9. The molecule has 0 fully saturated rings. The Morgan fingerprint density at radius 3 is 2.44 bits per heavy atom. The van der Waals surface area contributed by atoms with Gasteiger partial charge in [-0.2, -0.15) is 15.2 Å². The van der Waals surface area contributed by atoms with Gasteiger partial charge in [-0.15, -0.1) is 0 Å². The smallest absolute Gasteiger partial charge is 0.338 e. The van der Waals surface area contributed by atoms with Gasteiger partial charge in [0.1, 0.15) is 17.3 Å². The Bertz CT molecular complexity index is 1690. The van der Waals surface area contributed by atoms with Gasteiger partial charge in [0.25, 0.3) is 5.88 Å². The molecule has 0 saturated heterocycles. The molecular weight excluding hydrogens is 494 g/mol. The summed E-state index contributed by atoms with van der Waals surface area (Å²) in [6.07, 6.45) is 0. The molecule has 0 bridgehead atoms. The van der Waals surface area contributed by atoms with E-state index in [0.717, 1.165) is 17.0 Å². The molecule has 0 N–H and O–H groups in total. The zero-order valence-electron chi connectivity index (χ0n) is 21.7. The van der Waals surface area contributed by atoms with E-state index in [1.807, 2.05) is 54.8 Å². The van der Waals surface area contributed by atoms with E-state index in [9.17, 15) is 10.1 Å². The second-order valence-corrected chi connectivity index (χ2v) is 8.76. The van der Waals surface area contributed by atoms with Gasteiger partial charge in [0, 0.05) is 0 Å². The van der Waals surface area contributed by atoms with Gasteiger partial charge >= 0.3 is 12.0 Å². The topological polar surface area (TPSA) is 112 Å². The second kappa shape index (κ2) is 11.0. The number of nitriles is 1. The maximum Gasteiger partial charge on any atom is 0.338 e. The van der Waals surface area contributed by atoms with Gasteiger partial charge in [0.2, 0.25) is 0 Å². The van der Waals surface area contributed by atoms with E-state index in [-0.39, 0.29) is 11.9 Å². The van der Waals surface area contributed by atoms with Gasteiger partial charge < -0.3 is 18.8 Å². The van der Waals surface area contributed by atoms with Crippen molar-refractivity contribution >= 4 is 17.1 Å². The van der Waals surface area contributed by atoms with Crippen molar-refractivity contribution in [2.24, 2.45) is 0 Å². The molecule has 0 amide bonds. The monoisotopic (exact) mass is 519 g/mol. The predicted molar refractivity (Wildman–Crippen MR) is 144 cm³/mol. The summed E-state index contributed by atoms with van der Waals surface area (Å²) < 4.78 is 19.2. The van der Waals surface area contributed by atoms with E-state index in [1.165, 1.54) is 0 Å². The number of nitrogens with zero attached hydrogens (tertiary/aromatic N) is 5. The van der Waals surface area contributed by atoms with E-state index in [4.69, 9.17) is 19.2 Å². The van der Waals surface area contributed by atoms with Crippen molar-refractivity contribution in [3.63, 3.8) is 0 Å². The van der Waals surface area contributed by atoms with Crippen molar-refractivity contribution in [3.05, 3.63) is 101 Å². The standard InChI is InChI=1S/C30H25N5O4/c1-4-37-29(36)23-12-14-24(15-13-23)38-30-33-27-26(32-20(3)35(27)18-21-8-6-5-7-9-21)28(34-30)39-25-16-22(17-31)11-10-19(25)2/h5-16H,4,18H2,1-3H3. The largest absolute Gasteiger partial charge is 0.462 e. The Morgan fingerprint density at radius 1 is 0.949 bits per heavy atom. The Hall–Kier alpha value is -5.23. The normalized spacial score (nSPS) is 10.7. The van der Waals surface area contributed by atoms with Crippen LogP contribution in [0.15, 0.2) is 72.8 Å². The summed E-state index contributed by atoms with van der Waals surface area (Å²) in [5.74, 6) is 1.43. The third-order valence-electron chi connectivity index (χ3n) is 6.01. The van der Waals surface area contributed by atoms with Crippen LogP contribution in [0.4, 0.5) is 0 Å². The molecule has 0 aliphatic carbocycles. The summed E-state index contributed by atoms with van der Waals surface area (Å²) in [5.41, 5.74) is 3.79. The Labute approximate surface area is 225 Å². The van der Waals surface area contributed by atoms with Crippen molar-refractivity contribution in [3.8, 4) is 29.5 Å². The van der Waals surface area contributed by atoms with Gasteiger partial charge in [0.15, 0.2) is 11.2 Å². The van der Waals surface area contributed by atoms with Crippen LogP contribution in [0.2, 0.25) is 0 Å². The molecule has 0 spiro atoms. The molecule has 9 heteroatoms. The summed E-state index contributed by atoms with van der Waals surface area (Å²) in [5, 5.41) is 9.37. The molecule has 0 radical (unpaired) electrons. The van der Waals surface area contributed by atoms with E-state index >= 15 is 0 Å². The van der Waals surface area contributed by atoms with E-state index in [1.54, 1.807) is 43.3 Å². The van der Waals surface area contributed by atoms with Crippen LogP contribution in [0.25, 0.3) is 11.2 Å². The minimum atomic E-state index is -0.410. The Morgan fingerprint density at radius 2 is 1.72 bits per heavy atom. The maximum atomic E-state index is 12.0. The van der Waals surface area contributed by atoms with Crippen LogP contribution >= 0.6 is 0 Å². The molecule has 0 unspecified atom stereocenters. The number of aromatic nitrogens is 4. The number of carbonyl (C=O) groups excluding carboxylic acids is 1. The lowest BCUT2D eigenvalue weighted by Crippen LogP contribution is -2.05. The van der Waals surface area contributed by atoms with Crippen LogP contribution in [-0.4, -0.2) is 32.1 Å². The fourth-order valence-electron chi connectivity index (χ4n) is 4.00. The third kappa shape index (κ3) is 5.55. The van der Waals surface area contributed by atoms with Crippen LogP contribution in [0.5, 0.6) is 23.4 Å². The number of benzene rings is 3. The number of fused-ring (bicyclic) bond motifs is 1. The number of rotatable bonds is 8. The lowest BCUT2D eigenvalue weighted by Gasteiger charge is -2.12. The van der Waals surface area contributed by atoms with E-state index < -0.39 is 5.97 Å². The molecule has 0 atom stereocenters. The summed E-state index contributed by atoms with van der Waals surface area (Å²) >= 11 is 0. The van der Waals surface area contributed by atoms with Gasteiger partial charge in [-0.1, -0.05) is 36.4 Å². The highest BCUT2D eigenvalue weighted by atomic mass is 16.5. The maximum absolute atomic E-state index is 12.0. The first kappa shape index (κ1) is 25.4. The van der Waals surface area contributed by atoms with Crippen LogP contribution in [-0.2, 0) is 11.3 Å². The van der Waals surface area contributed by atoms with Crippen LogP contribution in [0, 0.1) is 25.2 Å². The zero-order chi connectivity index (χ0) is 27.4. The fraction of sp³-hybridized carbons (Fsp3) is 0.167. The average molecular weight is 520 g/mol. The summed E-state index contributed by atoms with van der Waals surface area (Å²) in [4.78, 5) is 25.9. The van der Waals surface area contributed by atoms with E-state index in [0.29, 0.717) is 46.9 Å². The molecule has 2 heterocycles. The first-order chi connectivity index (χ1) is 18.9. The molecule has 3 aromatic carbocycles. The highest BCUT2D eigenvalue weighted by Gasteiger charge is 2.20. The SMILES string of the molecule is CCOC(=O)c1ccc(Oc2nc(Oc3cc(C#N)ccc3C)c3nc(C)n(Cc4ccccc4)c3n2)cc1. The fourth-order valence-corrected chi connectivity index (χ4v) is 4.00. The van der Waals surface area contributed by atoms with Gasteiger partial charge in [-0.3, -0.25) is 0 Å². The highest BCUT2D eigenvalue weighted by Crippen LogP contribution is 2.33. The van der Waals surface area contributed by atoms with Crippen LogP contribution in [0.3, 0.4) is 0 Å². The van der Waals surface area contributed by atoms with Crippen molar-refractivity contribution in [2.75, 3.05) is 6.61 Å². The number of imidazole rings is 1. The predicted octanol–water partition coefficient (Wildman–Crippen LogP) is 6.12. The van der Waals surface area contributed by atoms with Gasteiger partial charge in [-0.05, 0) is 68.3 Å². The van der Waals surface area contributed by atoms with Gasteiger partial charge in [0.05, 0.1) is 30.3 Å². The van der Waals surface area contributed by atoms with Crippen LogP contribution < -0.4 is 9.47 Å².